The molecule has 1 fully saturated rings. The number of carbonyl (C=O) groups excluding carboxylic acids is 1. The number of benzene rings is 1. The molecule has 0 bridgehead atoms. The summed E-state index contributed by atoms with van der Waals surface area (Å²) in [6, 6.07) is 4.36. The van der Waals surface area contributed by atoms with E-state index in [0.717, 1.165) is 5.56 Å². The van der Waals surface area contributed by atoms with E-state index in [1.807, 2.05) is 13.8 Å². The van der Waals surface area contributed by atoms with E-state index in [0.29, 0.717) is 6.61 Å². The molecule has 0 saturated carbocycles. The van der Waals surface area contributed by atoms with E-state index in [1.165, 1.54) is 13.2 Å². The highest BCUT2D eigenvalue weighted by Crippen LogP contribution is 2.37. The average Bonchev–Trinajstić information content (AvgIpc) is 2.33. The minimum Gasteiger partial charge on any atom is -0.494 e. The van der Waals surface area contributed by atoms with Crippen LogP contribution in [0.1, 0.15) is 25.5 Å². The Labute approximate surface area is 105 Å². The van der Waals surface area contributed by atoms with E-state index >= 15 is 0 Å². The zero-order valence-electron chi connectivity index (χ0n) is 10.6. The second-order valence-corrected chi connectivity index (χ2v) is 5.04. The van der Waals surface area contributed by atoms with Crippen LogP contribution in [0.25, 0.3) is 0 Å². The van der Waals surface area contributed by atoms with Gasteiger partial charge in [0, 0.05) is 5.41 Å². The lowest BCUT2D eigenvalue weighted by atomic mass is 9.80. The van der Waals surface area contributed by atoms with Crippen LogP contribution in [0.2, 0.25) is 0 Å². The Morgan fingerprint density at radius 2 is 2.22 bits per heavy atom. The maximum Gasteiger partial charge on any atom is 0.407 e. The Morgan fingerprint density at radius 1 is 1.50 bits per heavy atom. The smallest absolute Gasteiger partial charge is 0.407 e. The Morgan fingerprint density at radius 3 is 2.89 bits per heavy atom. The topological polar surface area (TPSA) is 47.6 Å². The van der Waals surface area contributed by atoms with Crippen molar-refractivity contribution in [2.75, 3.05) is 13.7 Å². The van der Waals surface area contributed by atoms with Crippen molar-refractivity contribution in [2.45, 2.75) is 19.9 Å². The van der Waals surface area contributed by atoms with Crippen LogP contribution < -0.4 is 10.1 Å². The lowest BCUT2D eigenvalue weighted by molar-refractivity contribution is 0.0386. The van der Waals surface area contributed by atoms with Gasteiger partial charge in [-0.1, -0.05) is 19.9 Å². The third kappa shape index (κ3) is 2.25. The molecule has 1 aliphatic rings. The molecule has 98 valence electrons. The monoisotopic (exact) mass is 253 g/mol. The quantitative estimate of drug-likeness (QED) is 0.881. The highest BCUT2D eigenvalue weighted by molar-refractivity contribution is 5.69. The highest BCUT2D eigenvalue weighted by Gasteiger charge is 2.38. The van der Waals surface area contributed by atoms with Crippen molar-refractivity contribution in [2.24, 2.45) is 5.41 Å². The number of nitrogens with one attached hydrogen (secondary N) is 1. The number of hydrogen-bond donors (Lipinski definition) is 1. The molecule has 1 aromatic rings. The summed E-state index contributed by atoms with van der Waals surface area (Å²) in [5, 5.41) is 2.75. The fraction of sp³-hybridized carbons (Fsp3) is 0.462. The Balaban J connectivity index is 2.37. The van der Waals surface area contributed by atoms with Crippen LogP contribution >= 0.6 is 0 Å². The second-order valence-electron chi connectivity index (χ2n) is 5.04. The number of methoxy groups -OCH3 is 1. The normalized spacial score (nSPS) is 22.0. The molecule has 0 aliphatic carbocycles. The number of hydrogen-bond acceptors (Lipinski definition) is 3. The van der Waals surface area contributed by atoms with Crippen molar-refractivity contribution in [3.05, 3.63) is 29.6 Å². The van der Waals surface area contributed by atoms with Crippen molar-refractivity contribution < 1.29 is 18.7 Å². The van der Waals surface area contributed by atoms with Crippen LogP contribution in [0.3, 0.4) is 0 Å². The van der Waals surface area contributed by atoms with Gasteiger partial charge < -0.3 is 14.8 Å². The molecule has 1 aromatic carbocycles. The summed E-state index contributed by atoms with van der Waals surface area (Å²) in [7, 11) is 1.41. The predicted octanol–water partition coefficient (Wildman–Crippen LogP) is 2.64. The third-order valence-electron chi connectivity index (χ3n) is 3.13. The molecule has 5 heteroatoms. The highest BCUT2D eigenvalue weighted by atomic mass is 19.1. The Kier molecular flexibility index (Phi) is 3.15. The number of halogens is 1. The first-order valence-electron chi connectivity index (χ1n) is 5.71. The van der Waals surface area contributed by atoms with Gasteiger partial charge in [-0.05, 0) is 17.7 Å². The zero-order valence-corrected chi connectivity index (χ0v) is 10.6. The van der Waals surface area contributed by atoms with Gasteiger partial charge in [0.05, 0.1) is 13.2 Å². The first-order chi connectivity index (χ1) is 8.44. The zero-order chi connectivity index (χ0) is 13.3. The van der Waals surface area contributed by atoms with Crippen molar-refractivity contribution in [3.8, 4) is 5.75 Å². The van der Waals surface area contributed by atoms with Gasteiger partial charge in [-0.2, -0.15) is 0 Å². The Hall–Kier alpha value is -1.78. The molecule has 18 heavy (non-hydrogen) atoms. The summed E-state index contributed by atoms with van der Waals surface area (Å²) in [5.74, 6) is -0.249. The van der Waals surface area contributed by atoms with Gasteiger partial charge in [0.25, 0.3) is 0 Å². The van der Waals surface area contributed by atoms with Crippen LogP contribution in [0.5, 0.6) is 5.75 Å². The lowest BCUT2D eigenvalue weighted by Crippen LogP contribution is -2.46. The van der Waals surface area contributed by atoms with Crippen molar-refractivity contribution in [1.29, 1.82) is 0 Å². The summed E-state index contributed by atoms with van der Waals surface area (Å²) in [6.07, 6.45) is -0.456. The summed E-state index contributed by atoms with van der Waals surface area (Å²) in [6.45, 7) is 4.28. The molecule has 1 aliphatic heterocycles. The van der Waals surface area contributed by atoms with Crippen molar-refractivity contribution in [3.63, 3.8) is 0 Å². The van der Waals surface area contributed by atoms with Crippen LogP contribution in [0.15, 0.2) is 18.2 Å². The third-order valence-corrected chi connectivity index (χ3v) is 3.13. The minimum atomic E-state index is -0.456. The van der Waals surface area contributed by atoms with Gasteiger partial charge in [0.15, 0.2) is 11.6 Å². The first-order valence-corrected chi connectivity index (χ1v) is 5.71. The molecule has 1 N–H and O–H groups in total. The van der Waals surface area contributed by atoms with Crippen molar-refractivity contribution in [1.82, 2.24) is 5.32 Å². The molecule has 0 aromatic heterocycles. The minimum absolute atomic E-state index is 0.170. The van der Waals surface area contributed by atoms with E-state index in [9.17, 15) is 9.18 Å². The van der Waals surface area contributed by atoms with E-state index < -0.39 is 11.9 Å². The van der Waals surface area contributed by atoms with Gasteiger partial charge in [-0.15, -0.1) is 0 Å². The molecular formula is C13H16FNO3. The number of amides is 1. The largest absolute Gasteiger partial charge is 0.494 e. The van der Waals surface area contributed by atoms with E-state index in [-0.39, 0.29) is 17.2 Å². The fourth-order valence-corrected chi connectivity index (χ4v) is 2.08. The summed E-state index contributed by atoms with van der Waals surface area (Å²) in [4.78, 5) is 11.3. The molecule has 2 rings (SSSR count). The average molecular weight is 253 g/mol. The molecular weight excluding hydrogens is 237 g/mol. The maximum atomic E-state index is 13.4. The van der Waals surface area contributed by atoms with E-state index in [2.05, 4.69) is 5.32 Å². The molecule has 0 unspecified atom stereocenters. The van der Waals surface area contributed by atoms with Gasteiger partial charge >= 0.3 is 6.09 Å². The standard InChI is InChI=1S/C13H16FNO3/c1-13(2)7-18-12(16)15-11(13)8-4-5-9(14)10(6-8)17-3/h4-6,11H,7H2,1-3H3,(H,15,16)/t11-/m0/s1. The Bertz CT molecular complexity index is 473. The second kappa shape index (κ2) is 4.48. The first kappa shape index (κ1) is 12.7. The summed E-state index contributed by atoms with van der Waals surface area (Å²) < 4.78 is 23.3. The van der Waals surface area contributed by atoms with Gasteiger partial charge in [0.2, 0.25) is 0 Å². The maximum absolute atomic E-state index is 13.4. The SMILES string of the molecule is COc1cc([C@@H]2NC(=O)OCC2(C)C)ccc1F. The number of carbonyl (C=O) groups is 1. The van der Waals surface area contributed by atoms with Crippen molar-refractivity contribution >= 4 is 6.09 Å². The lowest BCUT2D eigenvalue weighted by Gasteiger charge is -2.38. The molecule has 4 nitrogen and oxygen atoms in total. The molecule has 1 atom stereocenters. The molecule has 1 saturated heterocycles. The van der Waals surface area contributed by atoms with E-state index in [4.69, 9.17) is 9.47 Å². The van der Waals surface area contributed by atoms with Gasteiger partial charge in [0.1, 0.15) is 6.61 Å². The summed E-state index contributed by atoms with van der Waals surface area (Å²) >= 11 is 0. The molecule has 1 heterocycles. The predicted molar refractivity (Wildman–Crippen MR) is 64.0 cm³/mol. The molecule has 1 amide bonds. The van der Waals surface area contributed by atoms with Gasteiger partial charge in [-0.3, -0.25) is 0 Å². The number of alkyl carbamates (subject to hydrolysis) is 1. The summed E-state index contributed by atoms with van der Waals surface area (Å²) in [5.41, 5.74) is 0.534. The number of rotatable bonds is 2. The molecule has 0 spiro atoms. The number of ether oxygens (including phenoxy) is 2. The van der Waals surface area contributed by atoms with Crippen LogP contribution in [0, 0.1) is 11.2 Å². The van der Waals surface area contributed by atoms with Crippen LogP contribution in [0.4, 0.5) is 9.18 Å². The number of cyclic esters (lactones) is 1. The fourth-order valence-electron chi connectivity index (χ4n) is 2.08. The molecule has 0 radical (unpaired) electrons. The van der Waals surface area contributed by atoms with E-state index in [1.54, 1.807) is 12.1 Å². The van der Waals surface area contributed by atoms with Crippen LogP contribution in [-0.4, -0.2) is 19.8 Å². The van der Waals surface area contributed by atoms with Crippen LogP contribution in [-0.2, 0) is 4.74 Å². The van der Waals surface area contributed by atoms with Gasteiger partial charge in [-0.25, -0.2) is 9.18 Å².